The van der Waals surface area contributed by atoms with E-state index in [0.29, 0.717) is 0 Å². The Bertz CT molecular complexity index is 615. The van der Waals surface area contributed by atoms with E-state index < -0.39 is 23.7 Å². The average molecular weight is 335 g/mol. The van der Waals surface area contributed by atoms with Gasteiger partial charge in [0.2, 0.25) is 5.91 Å². The SMILES string of the molecule is C[C@@H](NC(=O)c1ccccc1F)C(=O)NNC(=O)C1CCCCC1. The van der Waals surface area contributed by atoms with Gasteiger partial charge in [0.15, 0.2) is 0 Å². The summed E-state index contributed by atoms with van der Waals surface area (Å²) in [6.07, 6.45) is 4.81. The summed E-state index contributed by atoms with van der Waals surface area (Å²) in [6.45, 7) is 1.46. The monoisotopic (exact) mass is 335 g/mol. The Morgan fingerprint density at radius 1 is 1.08 bits per heavy atom. The molecule has 0 aromatic heterocycles. The van der Waals surface area contributed by atoms with Gasteiger partial charge in [0.1, 0.15) is 11.9 Å². The summed E-state index contributed by atoms with van der Waals surface area (Å²) >= 11 is 0. The first-order valence-corrected chi connectivity index (χ1v) is 8.14. The van der Waals surface area contributed by atoms with E-state index in [9.17, 15) is 18.8 Å². The quantitative estimate of drug-likeness (QED) is 0.732. The Balaban J connectivity index is 1.80. The van der Waals surface area contributed by atoms with Crippen molar-refractivity contribution >= 4 is 17.7 Å². The molecule has 2 rings (SSSR count). The predicted molar refractivity (Wildman–Crippen MR) is 86.2 cm³/mol. The number of rotatable bonds is 4. The van der Waals surface area contributed by atoms with Gasteiger partial charge in [-0.15, -0.1) is 0 Å². The van der Waals surface area contributed by atoms with Crippen LogP contribution in [0.4, 0.5) is 4.39 Å². The predicted octanol–water partition coefficient (Wildman–Crippen LogP) is 1.67. The first-order valence-electron chi connectivity index (χ1n) is 8.14. The molecule has 1 fully saturated rings. The molecule has 0 saturated heterocycles. The van der Waals surface area contributed by atoms with Crippen molar-refractivity contribution in [1.29, 1.82) is 0 Å². The van der Waals surface area contributed by atoms with Gasteiger partial charge in [-0.3, -0.25) is 25.2 Å². The van der Waals surface area contributed by atoms with E-state index in [0.717, 1.165) is 32.1 Å². The molecule has 0 aliphatic heterocycles. The third-order valence-corrected chi connectivity index (χ3v) is 4.14. The van der Waals surface area contributed by atoms with Crippen LogP contribution in [0.15, 0.2) is 24.3 Å². The number of carbonyl (C=O) groups is 3. The molecule has 3 amide bonds. The van der Waals surface area contributed by atoms with Crippen LogP contribution in [0.3, 0.4) is 0 Å². The van der Waals surface area contributed by atoms with Gasteiger partial charge in [-0.25, -0.2) is 4.39 Å². The van der Waals surface area contributed by atoms with Crippen molar-refractivity contribution in [3.05, 3.63) is 35.6 Å². The minimum absolute atomic E-state index is 0.0811. The zero-order valence-electron chi connectivity index (χ0n) is 13.6. The summed E-state index contributed by atoms with van der Waals surface area (Å²) in [5.41, 5.74) is 4.56. The van der Waals surface area contributed by atoms with Crippen LogP contribution in [-0.4, -0.2) is 23.8 Å². The summed E-state index contributed by atoms with van der Waals surface area (Å²) < 4.78 is 13.5. The van der Waals surface area contributed by atoms with Crippen LogP contribution < -0.4 is 16.2 Å². The molecule has 1 aliphatic carbocycles. The molecule has 1 aromatic carbocycles. The molecule has 7 heteroatoms. The third kappa shape index (κ3) is 4.78. The molecule has 0 bridgehead atoms. The van der Waals surface area contributed by atoms with Crippen LogP contribution in [0, 0.1) is 11.7 Å². The summed E-state index contributed by atoms with van der Waals surface area (Å²) in [6, 6.07) is 4.60. The van der Waals surface area contributed by atoms with Crippen LogP contribution in [0.25, 0.3) is 0 Å². The summed E-state index contributed by atoms with van der Waals surface area (Å²) in [7, 11) is 0. The Hall–Kier alpha value is -2.44. The van der Waals surface area contributed by atoms with Crippen molar-refractivity contribution < 1.29 is 18.8 Å². The van der Waals surface area contributed by atoms with Crippen molar-refractivity contribution in [2.24, 2.45) is 5.92 Å². The number of halogens is 1. The molecule has 24 heavy (non-hydrogen) atoms. The molecule has 1 saturated carbocycles. The van der Waals surface area contributed by atoms with E-state index in [-0.39, 0.29) is 17.4 Å². The number of amides is 3. The Morgan fingerprint density at radius 3 is 2.42 bits per heavy atom. The van der Waals surface area contributed by atoms with Crippen molar-refractivity contribution in [2.75, 3.05) is 0 Å². The molecule has 6 nitrogen and oxygen atoms in total. The zero-order valence-corrected chi connectivity index (χ0v) is 13.6. The van der Waals surface area contributed by atoms with Gasteiger partial charge in [-0.1, -0.05) is 31.4 Å². The number of hydrazine groups is 1. The second kappa shape index (κ2) is 8.42. The lowest BCUT2D eigenvalue weighted by Gasteiger charge is -2.21. The molecule has 0 spiro atoms. The first-order chi connectivity index (χ1) is 11.5. The fourth-order valence-electron chi connectivity index (χ4n) is 2.68. The highest BCUT2D eigenvalue weighted by Gasteiger charge is 2.23. The van der Waals surface area contributed by atoms with Crippen molar-refractivity contribution in [3.63, 3.8) is 0 Å². The lowest BCUT2D eigenvalue weighted by Crippen LogP contribution is -2.52. The van der Waals surface area contributed by atoms with Crippen molar-refractivity contribution in [3.8, 4) is 0 Å². The second-order valence-corrected chi connectivity index (χ2v) is 5.99. The van der Waals surface area contributed by atoms with Crippen LogP contribution >= 0.6 is 0 Å². The van der Waals surface area contributed by atoms with Gasteiger partial charge in [-0.2, -0.15) is 0 Å². The van der Waals surface area contributed by atoms with Gasteiger partial charge in [-0.05, 0) is 31.9 Å². The first kappa shape index (κ1) is 17.9. The summed E-state index contributed by atoms with van der Waals surface area (Å²) in [4.78, 5) is 35.8. The van der Waals surface area contributed by atoms with E-state index in [1.54, 1.807) is 0 Å². The van der Waals surface area contributed by atoms with E-state index in [1.165, 1.54) is 31.2 Å². The van der Waals surface area contributed by atoms with Gasteiger partial charge < -0.3 is 5.32 Å². The van der Waals surface area contributed by atoms with Crippen LogP contribution in [-0.2, 0) is 9.59 Å². The summed E-state index contributed by atoms with van der Waals surface area (Å²) in [5, 5.41) is 2.40. The molecule has 3 N–H and O–H groups in total. The molecular formula is C17H22FN3O3. The maximum absolute atomic E-state index is 13.5. The van der Waals surface area contributed by atoms with E-state index in [1.807, 2.05) is 0 Å². The van der Waals surface area contributed by atoms with Crippen LogP contribution in [0.2, 0.25) is 0 Å². The highest BCUT2D eigenvalue weighted by molar-refractivity contribution is 5.97. The van der Waals surface area contributed by atoms with Gasteiger partial charge in [0.05, 0.1) is 5.56 Å². The minimum atomic E-state index is -0.913. The van der Waals surface area contributed by atoms with E-state index in [4.69, 9.17) is 0 Å². The Kier molecular flexibility index (Phi) is 6.28. The number of carbonyl (C=O) groups excluding carboxylic acids is 3. The molecule has 130 valence electrons. The lowest BCUT2D eigenvalue weighted by molar-refractivity contribution is -0.132. The number of nitrogens with one attached hydrogen (secondary N) is 3. The zero-order chi connectivity index (χ0) is 17.5. The summed E-state index contributed by atoms with van der Waals surface area (Å²) in [5.74, 6) is -2.20. The molecule has 1 aromatic rings. The molecular weight excluding hydrogens is 313 g/mol. The molecule has 0 radical (unpaired) electrons. The standard InChI is InChI=1S/C17H22FN3O3/c1-11(19-17(24)13-9-5-6-10-14(13)18)15(22)20-21-16(23)12-7-3-2-4-8-12/h5-6,9-12H,2-4,7-8H2,1H3,(H,19,24)(H,20,22)(H,21,23)/t11-/m1/s1. The minimum Gasteiger partial charge on any atom is -0.340 e. The Morgan fingerprint density at radius 2 is 1.75 bits per heavy atom. The number of hydrogen-bond donors (Lipinski definition) is 3. The highest BCUT2D eigenvalue weighted by atomic mass is 19.1. The number of benzene rings is 1. The van der Waals surface area contributed by atoms with E-state index >= 15 is 0 Å². The molecule has 1 atom stereocenters. The smallest absolute Gasteiger partial charge is 0.260 e. The third-order valence-electron chi connectivity index (χ3n) is 4.14. The normalized spacial score (nSPS) is 16.1. The largest absolute Gasteiger partial charge is 0.340 e. The molecule has 1 aliphatic rings. The van der Waals surface area contributed by atoms with Crippen LogP contribution in [0.5, 0.6) is 0 Å². The second-order valence-electron chi connectivity index (χ2n) is 5.99. The van der Waals surface area contributed by atoms with E-state index in [2.05, 4.69) is 16.2 Å². The number of hydrogen-bond acceptors (Lipinski definition) is 3. The average Bonchev–Trinajstić information content (AvgIpc) is 2.60. The van der Waals surface area contributed by atoms with Crippen LogP contribution in [0.1, 0.15) is 49.4 Å². The van der Waals surface area contributed by atoms with Gasteiger partial charge >= 0.3 is 0 Å². The maximum atomic E-state index is 13.5. The van der Waals surface area contributed by atoms with Crippen molar-refractivity contribution in [1.82, 2.24) is 16.2 Å². The topological polar surface area (TPSA) is 87.3 Å². The van der Waals surface area contributed by atoms with Gasteiger partial charge in [0.25, 0.3) is 11.8 Å². The fraction of sp³-hybridized carbons (Fsp3) is 0.471. The lowest BCUT2D eigenvalue weighted by atomic mass is 9.89. The Labute approximate surface area is 140 Å². The van der Waals surface area contributed by atoms with Gasteiger partial charge in [0, 0.05) is 5.92 Å². The highest BCUT2D eigenvalue weighted by Crippen LogP contribution is 2.23. The molecule has 0 unspecified atom stereocenters. The maximum Gasteiger partial charge on any atom is 0.260 e. The van der Waals surface area contributed by atoms with Crippen molar-refractivity contribution in [2.45, 2.75) is 45.1 Å². The fourth-order valence-corrected chi connectivity index (χ4v) is 2.68. The molecule has 0 heterocycles.